The third kappa shape index (κ3) is 4.25. The Labute approximate surface area is 184 Å². The van der Waals surface area contributed by atoms with Crippen LogP contribution in [-0.2, 0) is 20.7 Å². The van der Waals surface area contributed by atoms with Crippen molar-refractivity contribution in [1.29, 1.82) is 0 Å². The van der Waals surface area contributed by atoms with E-state index in [1.54, 1.807) is 14.1 Å². The molecule has 2 aromatic carbocycles. The molecule has 2 aromatic rings. The minimum Gasteiger partial charge on any atom is -0.459 e. The summed E-state index contributed by atoms with van der Waals surface area (Å²) in [5.41, 5.74) is 6.41. The Morgan fingerprint density at radius 2 is 1.94 bits per heavy atom. The molecule has 5 heteroatoms. The number of hydrogen-bond donors (Lipinski definition) is 1. The van der Waals surface area contributed by atoms with E-state index in [0.29, 0.717) is 18.8 Å². The Balaban J connectivity index is 1.74. The van der Waals surface area contributed by atoms with Gasteiger partial charge in [-0.25, -0.2) is 0 Å². The van der Waals surface area contributed by atoms with Crippen molar-refractivity contribution in [2.75, 3.05) is 27.3 Å². The van der Waals surface area contributed by atoms with Crippen LogP contribution in [0.3, 0.4) is 0 Å². The Bertz CT molecular complexity index is 981. The number of carbonyl (C=O) groups excluding carboxylic acids is 1. The summed E-state index contributed by atoms with van der Waals surface area (Å²) in [4.78, 5) is 14.2. The fraction of sp³-hybridized carbons (Fsp3) is 0.423. The van der Waals surface area contributed by atoms with Crippen molar-refractivity contribution in [3.63, 3.8) is 0 Å². The lowest BCUT2D eigenvalue weighted by Gasteiger charge is -2.37. The number of hydrogen-bond acceptors (Lipinski definition) is 4. The van der Waals surface area contributed by atoms with Gasteiger partial charge in [-0.05, 0) is 60.1 Å². The molecule has 0 unspecified atom stereocenters. The number of ether oxygens (including phenoxy) is 2. The molecule has 1 heterocycles. The zero-order valence-electron chi connectivity index (χ0n) is 18.5. The van der Waals surface area contributed by atoms with E-state index in [1.165, 1.54) is 27.2 Å². The van der Waals surface area contributed by atoms with Gasteiger partial charge in [0.05, 0.1) is 0 Å². The van der Waals surface area contributed by atoms with E-state index in [9.17, 15) is 9.90 Å². The van der Waals surface area contributed by atoms with Gasteiger partial charge in [-0.1, -0.05) is 42.5 Å². The molecule has 1 N–H and O–H groups in total. The van der Waals surface area contributed by atoms with Crippen LogP contribution >= 0.6 is 0 Å². The zero-order chi connectivity index (χ0) is 22.0. The maximum Gasteiger partial charge on any atom is 0.288 e. The van der Waals surface area contributed by atoms with E-state index in [1.807, 2.05) is 13.0 Å². The molecule has 4 rings (SSSR count). The molecular weight excluding hydrogens is 390 g/mol. The lowest BCUT2D eigenvalue weighted by Crippen LogP contribution is -2.38. The number of allylic oxidation sites excluding steroid dienone is 1. The molecule has 5 nitrogen and oxygen atoms in total. The third-order valence-electron chi connectivity index (χ3n) is 6.23. The smallest absolute Gasteiger partial charge is 0.288 e. The fourth-order valence-electron chi connectivity index (χ4n) is 4.73. The van der Waals surface area contributed by atoms with Gasteiger partial charge in [0, 0.05) is 39.1 Å². The van der Waals surface area contributed by atoms with Crippen LogP contribution in [-0.4, -0.2) is 49.5 Å². The van der Waals surface area contributed by atoms with Crippen molar-refractivity contribution in [1.82, 2.24) is 4.90 Å². The second kappa shape index (κ2) is 9.25. The van der Waals surface area contributed by atoms with Gasteiger partial charge in [0.15, 0.2) is 5.76 Å². The highest BCUT2D eigenvalue weighted by atomic mass is 16.7. The normalized spacial score (nSPS) is 21.7. The number of benzene rings is 2. The Morgan fingerprint density at radius 1 is 1.16 bits per heavy atom. The second-order valence-electron chi connectivity index (χ2n) is 8.48. The van der Waals surface area contributed by atoms with Gasteiger partial charge >= 0.3 is 0 Å². The highest BCUT2D eigenvalue weighted by Gasteiger charge is 2.38. The molecule has 3 atom stereocenters. The van der Waals surface area contributed by atoms with Crippen LogP contribution in [0.5, 0.6) is 0 Å². The molecule has 1 aliphatic carbocycles. The summed E-state index contributed by atoms with van der Waals surface area (Å²) in [6, 6.07) is 15.2. The molecular formula is C26H31NO4. The topological polar surface area (TPSA) is 59.0 Å². The summed E-state index contributed by atoms with van der Waals surface area (Å²) in [6.07, 6.45) is 3.77. The van der Waals surface area contributed by atoms with Gasteiger partial charge < -0.3 is 19.5 Å². The molecule has 1 amide bonds. The average molecular weight is 422 g/mol. The van der Waals surface area contributed by atoms with Crippen LogP contribution < -0.4 is 0 Å². The van der Waals surface area contributed by atoms with Gasteiger partial charge in [0.25, 0.3) is 5.91 Å². The van der Waals surface area contributed by atoms with E-state index < -0.39 is 6.29 Å². The number of likely N-dealkylation sites (N-methyl/N-ethyl adjacent to an activating group) is 1. The summed E-state index contributed by atoms with van der Waals surface area (Å²) in [5, 5.41) is 9.45. The SMILES string of the molecule is CCO[C@H]1OC(C(=O)N(C)C)=C[C@@H](c2ccc3c(c2)Cc2ccccc2-3)[C@H]1CCCO. The fourth-order valence-corrected chi connectivity index (χ4v) is 4.73. The first-order valence-electron chi connectivity index (χ1n) is 11.1. The molecule has 0 aromatic heterocycles. The van der Waals surface area contributed by atoms with Crippen LogP contribution in [0.15, 0.2) is 54.3 Å². The monoisotopic (exact) mass is 421 g/mol. The number of rotatable bonds is 7. The first-order chi connectivity index (χ1) is 15.0. The lowest BCUT2D eigenvalue weighted by molar-refractivity contribution is -0.169. The largest absolute Gasteiger partial charge is 0.459 e. The van der Waals surface area contributed by atoms with E-state index >= 15 is 0 Å². The first kappa shape index (κ1) is 21.6. The number of nitrogens with zero attached hydrogens (tertiary/aromatic N) is 1. The highest BCUT2D eigenvalue weighted by molar-refractivity contribution is 5.91. The summed E-state index contributed by atoms with van der Waals surface area (Å²) in [7, 11) is 3.45. The van der Waals surface area contributed by atoms with Crippen molar-refractivity contribution >= 4 is 5.91 Å². The number of carbonyl (C=O) groups is 1. The van der Waals surface area contributed by atoms with Crippen LogP contribution in [0.2, 0.25) is 0 Å². The number of amides is 1. The van der Waals surface area contributed by atoms with Gasteiger partial charge in [0.2, 0.25) is 6.29 Å². The standard InChI is InChI=1S/C26H31NO4/c1-4-30-26-22(10-7-13-28)23(16-24(31-26)25(29)27(2)3)18-11-12-21-19(15-18)14-17-8-5-6-9-20(17)21/h5-6,8-9,11-12,15-16,22-23,26,28H,4,7,10,13-14H2,1-3H3/t22-,23+,26+/m1/s1. The minimum absolute atomic E-state index is 0.0210. The van der Waals surface area contributed by atoms with Crippen LogP contribution in [0.25, 0.3) is 11.1 Å². The molecule has 0 bridgehead atoms. The maximum absolute atomic E-state index is 12.7. The molecule has 1 aliphatic heterocycles. The van der Waals surface area contributed by atoms with E-state index in [0.717, 1.165) is 18.4 Å². The summed E-state index contributed by atoms with van der Waals surface area (Å²) in [5.74, 6) is 0.166. The van der Waals surface area contributed by atoms with Crippen molar-refractivity contribution in [3.8, 4) is 11.1 Å². The first-order valence-corrected chi connectivity index (χ1v) is 11.1. The van der Waals surface area contributed by atoms with Gasteiger partial charge in [-0.15, -0.1) is 0 Å². The molecule has 0 radical (unpaired) electrons. The van der Waals surface area contributed by atoms with Crippen molar-refractivity contribution < 1.29 is 19.4 Å². The maximum atomic E-state index is 12.7. The number of aliphatic hydroxyl groups excluding tert-OH is 1. The van der Waals surface area contributed by atoms with Crippen molar-refractivity contribution in [2.45, 2.75) is 38.4 Å². The average Bonchev–Trinajstić information content (AvgIpc) is 3.15. The predicted octanol–water partition coefficient (Wildman–Crippen LogP) is 4.10. The predicted molar refractivity (Wildman–Crippen MR) is 121 cm³/mol. The Kier molecular flexibility index (Phi) is 6.44. The second-order valence-corrected chi connectivity index (χ2v) is 8.48. The van der Waals surface area contributed by atoms with Crippen molar-refractivity contribution in [2.24, 2.45) is 5.92 Å². The Morgan fingerprint density at radius 3 is 2.68 bits per heavy atom. The summed E-state index contributed by atoms with van der Waals surface area (Å²) < 4.78 is 12.0. The van der Waals surface area contributed by atoms with E-state index in [2.05, 4.69) is 42.5 Å². The van der Waals surface area contributed by atoms with Gasteiger partial charge in [-0.3, -0.25) is 4.79 Å². The quantitative estimate of drug-likeness (QED) is 0.624. The highest BCUT2D eigenvalue weighted by Crippen LogP contribution is 2.43. The number of aliphatic hydroxyl groups is 1. The van der Waals surface area contributed by atoms with Gasteiger partial charge in [0.1, 0.15) is 0 Å². The van der Waals surface area contributed by atoms with Gasteiger partial charge in [-0.2, -0.15) is 0 Å². The molecule has 164 valence electrons. The van der Waals surface area contributed by atoms with E-state index in [4.69, 9.17) is 9.47 Å². The van der Waals surface area contributed by atoms with Crippen LogP contribution in [0, 0.1) is 5.92 Å². The molecule has 0 saturated carbocycles. The summed E-state index contributed by atoms with van der Waals surface area (Å²) in [6.45, 7) is 2.55. The van der Waals surface area contributed by atoms with Crippen LogP contribution in [0.4, 0.5) is 0 Å². The van der Waals surface area contributed by atoms with Crippen molar-refractivity contribution in [3.05, 3.63) is 71.0 Å². The molecule has 31 heavy (non-hydrogen) atoms. The lowest BCUT2D eigenvalue weighted by atomic mass is 9.79. The zero-order valence-corrected chi connectivity index (χ0v) is 18.5. The molecule has 0 fully saturated rings. The number of fused-ring (bicyclic) bond motifs is 3. The minimum atomic E-state index is -0.518. The Hall–Kier alpha value is -2.63. The van der Waals surface area contributed by atoms with E-state index in [-0.39, 0.29) is 24.3 Å². The molecule has 0 saturated heterocycles. The van der Waals surface area contributed by atoms with Crippen LogP contribution in [0.1, 0.15) is 42.4 Å². The summed E-state index contributed by atoms with van der Waals surface area (Å²) >= 11 is 0. The third-order valence-corrected chi connectivity index (χ3v) is 6.23. The molecule has 0 spiro atoms. The molecule has 2 aliphatic rings.